The summed E-state index contributed by atoms with van der Waals surface area (Å²) in [6.45, 7) is 5.28. The van der Waals surface area contributed by atoms with Gasteiger partial charge in [0.2, 0.25) is 17.7 Å². The number of imide groups is 1. The van der Waals surface area contributed by atoms with Crippen LogP contribution in [0.2, 0.25) is 0 Å². The van der Waals surface area contributed by atoms with Crippen molar-refractivity contribution in [2.24, 2.45) is 5.73 Å². The molecule has 1 heterocycles. The molecule has 4 N–H and O–H groups in total. The van der Waals surface area contributed by atoms with Crippen LogP contribution in [0, 0.1) is 0 Å². The summed E-state index contributed by atoms with van der Waals surface area (Å²) < 4.78 is 23.0. The average molecular weight is 539 g/mol. The molecule has 2 atom stereocenters. The van der Waals surface area contributed by atoms with Crippen molar-refractivity contribution in [1.82, 2.24) is 15.5 Å². The largest absolute Gasteiger partial charge is 0.368 e. The smallest absolute Gasteiger partial charge is 0.330 e. The Bertz CT molecular complexity index is 1020. The Labute approximate surface area is 216 Å². The molecule has 1 aromatic carbocycles. The van der Waals surface area contributed by atoms with Gasteiger partial charge >= 0.3 is 7.60 Å². The fraction of sp³-hybridized carbons (Fsp3) is 0.542. The zero-order valence-electron chi connectivity index (χ0n) is 21.4. The van der Waals surface area contributed by atoms with Crippen molar-refractivity contribution in [1.29, 1.82) is 0 Å². The first-order chi connectivity index (χ1) is 17.5. The standard InChI is InChI=1S/C24H35N4O8P/c1-4-35-37(34,36-5-2)15-13-19(21(25)30)27-22(31)16(3)26-20(29)12-8-9-14-28-23(32)17-10-6-7-11-18(17)24(28)33/h6-7,10-11,16,19H,4-5,8-9,12-15H2,1-3H3,(H2,25,30)(H,26,29)(H,27,31)/t16-,19?/m0/s1. The maximum absolute atomic E-state index is 12.6. The number of rotatable bonds is 16. The Kier molecular flexibility index (Phi) is 11.4. The summed E-state index contributed by atoms with van der Waals surface area (Å²) in [6, 6.07) is 4.52. The third-order valence-corrected chi connectivity index (χ3v) is 7.80. The number of hydrogen-bond donors (Lipinski definition) is 3. The molecule has 1 aromatic rings. The van der Waals surface area contributed by atoms with E-state index in [1.165, 1.54) is 11.8 Å². The third-order valence-electron chi connectivity index (χ3n) is 5.69. The van der Waals surface area contributed by atoms with Gasteiger partial charge < -0.3 is 25.4 Å². The molecule has 1 aliphatic heterocycles. The maximum atomic E-state index is 12.6. The topological polar surface area (TPSA) is 174 Å². The van der Waals surface area contributed by atoms with E-state index in [4.69, 9.17) is 14.8 Å². The first kappa shape index (κ1) is 30.1. The second-order valence-electron chi connectivity index (χ2n) is 8.48. The summed E-state index contributed by atoms with van der Waals surface area (Å²) in [5, 5.41) is 5.00. The Balaban J connectivity index is 1.76. The van der Waals surface area contributed by atoms with Crippen molar-refractivity contribution in [3.8, 4) is 0 Å². The lowest BCUT2D eigenvalue weighted by atomic mass is 10.1. The fourth-order valence-corrected chi connectivity index (χ4v) is 5.50. The van der Waals surface area contributed by atoms with Gasteiger partial charge in [-0.25, -0.2) is 0 Å². The molecular formula is C24H35N4O8P. The van der Waals surface area contributed by atoms with Gasteiger partial charge in [0.25, 0.3) is 11.8 Å². The average Bonchev–Trinajstić information content (AvgIpc) is 3.09. The molecule has 1 aliphatic rings. The summed E-state index contributed by atoms with van der Waals surface area (Å²) in [6.07, 6.45) is 0.712. The van der Waals surface area contributed by atoms with Crippen LogP contribution in [-0.2, 0) is 28.0 Å². The van der Waals surface area contributed by atoms with Gasteiger partial charge in [-0.2, -0.15) is 0 Å². The number of fused-ring (bicyclic) bond motifs is 1. The highest BCUT2D eigenvalue weighted by Gasteiger charge is 2.34. The highest BCUT2D eigenvalue weighted by molar-refractivity contribution is 7.53. The summed E-state index contributed by atoms with van der Waals surface area (Å²) in [4.78, 5) is 62.5. The fourth-order valence-electron chi connectivity index (χ4n) is 3.81. The molecule has 0 saturated heterocycles. The normalized spacial score (nSPS) is 14.7. The molecule has 0 fully saturated rings. The molecule has 0 radical (unpaired) electrons. The second-order valence-corrected chi connectivity index (χ2v) is 10.7. The minimum Gasteiger partial charge on any atom is -0.368 e. The number of nitrogens with zero attached hydrogens (tertiary/aromatic N) is 1. The predicted octanol–water partition coefficient (Wildman–Crippen LogP) is 1.58. The van der Waals surface area contributed by atoms with Gasteiger partial charge in [0, 0.05) is 13.0 Å². The minimum atomic E-state index is -3.43. The highest BCUT2D eigenvalue weighted by atomic mass is 31.2. The Morgan fingerprint density at radius 3 is 2.08 bits per heavy atom. The number of carbonyl (C=O) groups is 5. The van der Waals surface area contributed by atoms with Gasteiger partial charge in [-0.05, 0) is 52.2 Å². The van der Waals surface area contributed by atoms with E-state index in [9.17, 15) is 28.5 Å². The van der Waals surface area contributed by atoms with Crippen LogP contribution in [-0.4, -0.2) is 72.4 Å². The lowest BCUT2D eigenvalue weighted by Gasteiger charge is -2.22. The lowest BCUT2D eigenvalue weighted by molar-refractivity contribution is -0.131. The number of primary amides is 1. The van der Waals surface area contributed by atoms with Crippen LogP contribution < -0.4 is 16.4 Å². The molecule has 0 spiro atoms. The van der Waals surface area contributed by atoms with E-state index in [0.717, 1.165) is 0 Å². The molecular weight excluding hydrogens is 503 g/mol. The predicted molar refractivity (Wildman–Crippen MR) is 135 cm³/mol. The summed E-state index contributed by atoms with van der Waals surface area (Å²) in [5.41, 5.74) is 6.13. The van der Waals surface area contributed by atoms with Crippen molar-refractivity contribution in [3.05, 3.63) is 35.4 Å². The molecule has 12 nitrogen and oxygen atoms in total. The zero-order valence-corrected chi connectivity index (χ0v) is 22.3. The highest BCUT2D eigenvalue weighted by Crippen LogP contribution is 2.48. The molecule has 0 aliphatic carbocycles. The quantitative estimate of drug-likeness (QED) is 0.162. The van der Waals surface area contributed by atoms with E-state index in [1.807, 2.05) is 0 Å². The molecule has 0 saturated carbocycles. The number of carbonyl (C=O) groups excluding carboxylic acids is 5. The van der Waals surface area contributed by atoms with Crippen molar-refractivity contribution in [2.75, 3.05) is 25.9 Å². The summed E-state index contributed by atoms with van der Waals surface area (Å²) >= 11 is 0. The maximum Gasteiger partial charge on any atom is 0.330 e. The van der Waals surface area contributed by atoms with Crippen molar-refractivity contribution >= 4 is 37.1 Å². The van der Waals surface area contributed by atoms with Crippen molar-refractivity contribution in [2.45, 2.75) is 58.5 Å². The molecule has 13 heteroatoms. The Hall–Kier alpha value is -3.08. The van der Waals surface area contributed by atoms with E-state index in [-0.39, 0.29) is 50.6 Å². The van der Waals surface area contributed by atoms with Crippen LogP contribution in [0.5, 0.6) is 0 Å². The van der Waals surface area contributed by atoms with E-state index in [2.05, 4.69) is 10.6 Å². The van der Waals surface area contributed by atoms with Crippen LogP contribution in [0.3, 0.4) is 0 Å². The van der Waals surface area contributed by atoms with Crippen LogP contribution in [0.4, 0.5) is 0 Å². The minimum absolute atomic E-state index is 0.0587. The Morgan fingerprint density at radius 2 is 1.57 bits per heavy atom. The molecule has 2 rings (SSSR count). The zero-order chi connectivity index (χ0) is 27.6. The summed E-state index contributed by atoms with van der Waals surface area (Å²) in [5.74, 6) is -2.56. The molecule has 0 bridgehead atoms. The van der Waals surface area contributed by atoms with E-state index in [0.29, 0.717) is 24.0 Å². The molecule has 1 unspecified atom stereocenters. The number of nitrogens with two attached hydrogens (primary N) is 1. The number of hydrogen-bond acceptors (Lipinski definition) is 8. The van der Waals surface area contributed by atoms with Gasteiger partial charge in [0.05, 0.1) is 30.5 Å². The Morgan fingerprint density at radius 1 is 1.00 bits per heavy atom. The van der Waals surface area contributed by atoms with Gasteiger partial charge in [-0.15, -0.1) is 0 Å². The SMILES string of the molecule is CCOP(=O)(CCC(NC(=O)[C@H](C)NC(=O)CCCCN1C(=O)c2ccccc2C1=O)C(N)=O)OCC. The second kappa shape index (κ2) is 14.0. The van der Waals surface area contributed by atoms with Crippen molar-refractivity contribution in [3.63, 3.8) is 0 Å². The third kappa shape index (κ3) is 8.48. The molecule has 0 aromatic heterocycles. The van der Waals surface area contributed by atoms with E-state index >= 15 is 0 Å². The number of nitrogens with one attached hydrogen (secondary N) is 2. The van der Waals surface area contributed by atoms with E-state index in [1.54, 1.807) is 38.1 Å². The summed E-state index contributed by atoms with van der Waals surface area (Å²) in [7, 11) is -3.43. The van der Waals surface area contributed by atoms with Crippen LogP contribution in [0.1, 0.15) is 67.2 Å². The van der Waals surface area contributed by atoms with Gasteiger partial charge in [0.15, 0.2) is 0 Å². The first-order valence-electron chi connectivity index (χ1n) is 12.2. The van der Waals surface area contributed by atoms with Crippen LogP contribution >= 0.6 is 7.60 Å². The van der Waals surface area contributed by atoms with Gasteiger partial charge in [-0.3, -0.25) is 33.4 Å². The monoisotopic (exact) mass is 538 g/mol. The number of amides is 5. The van der Waals surface area contributed by atoms with Crippen molar-refractivity contribution < 1.29 is 37.6 Å². The van der Waals surface area contributed by atoms with Crippen LogP contribution in [0.15, 0.2) is 24.3 Å². The lowest BCUT2D eigenvalue weighted by Crippen LogP contribution is -2.52. The van der Waals surface area contributed by atoms with Gasteiger partial charge in [0.1, 0.15) is 12.1 Å². The van der Waals surface area contributed by atoms with Gasteiger partial charge in [-0.1, -0.05) is 12.1 Å². The van der Waals surface area contributed by atoms with Crippen LogP contribution in [0.25, 0.3) is 0 Å². The first-order valence-corrected chi connectivity index (χ1v) is 14.0. The molecule has 204 valence electrons. The molecule has 5 amide bonds. The number of unbranched alkanes of at least 4 members (excludes halogenated alkanes) is 1. The number of benzene rings is 1. The molecule has 37 heavy (non-hydrogen) atoms. The van der Waals surface area contributed by atoms with E-state index < -0.39 is 37.4 Å².